The lowest BCUT2D eigenvalue weighted by Crippen LogP contribution is -2.40. The van der Waals surface area contributed by atoms with Crippen molar-refractivity contribution in [2.24, 2.45) is 5.92 Å². The van der Waals surface area contributed by atoms with Gasteiger partial charge in [0.2, 0.25) is 11.7 Å². The van der Waals surface area contributed by atoms with Gasteiger partial charge in [0.25, 0.3) is 5.91 Å². The molecule has 0 spiro atoms. The van der Waals surface area contributed by atoms with Crippen LogP contribution in [-0.2, 0) is 0 Å². The fraction of sp³-hybridized carbons (Fsp3) is 0.300. The predicted molar refractivity (Wildman–Crippen MR) is 94.0 cm³/mol. The molecule has 1 amide bonds. The highest BCUT2D eigenvalue weighted by molar-refractivity contribution is 5.94. The minimum atomic E-state index is -0.316. The third-order valence-corrected chi connectivity index (χ3v) is 5.53. The maximum Gasteiger partial charge on any atom is 0.256 e. The maximum absolute atomic E-state index is 13.1. The zero-order valence-corrected chi connectivity index (χ0v) is 14.5. The summed E-state index contributed by atoms with van der Waals surface area (Å²) in [5, 5.41) is 4.05. The Balaban J connectivity index is 1.48. The van der Waals surface area contributed by atoms with E-state index in [4.69, 9.17) is 4.52 Å². The van der Waals surface area contributed by atoms with Gasteiger partial charge in [0.05, 0.1) is 5.56 Å². The number of piperidine rings is 1. The van der Waals surface area contributed by atoms with E-state index >= 15 is 0 Å². The van der Waals surface area contributed by atoms with E-state index in [0.717, 1.165) is 19.3 Å². The molecule has 1 saturated heterocycles. The second kappa shape index (κ2) is 6.26. The topological polar surface area (TPSA) is 72.1 Å². The molecule has 0 N–H and O–H groups in total. The molecule has 2 unspecified atom stereocenters. The molecule has 3 atom stereocenters. The van der Waals surface area contributed by atoms with Crippen LogP contribution >= 0.6 is 0 Å². The smallest absolute Gasteiger partial charge is 0.256 e. The molecule has 3 aromatic rings. The van der Waals surface area contributed by atoms with Crippen molar-refractivity contribution in [1.29, 1.82) is 0 Å². The molecular weight excluding hydrogens is 347 g/mol. The molecule has 1 aliphatic heterocycles. The lowest BCUT2D eigenvalue weighted by Gasteiger charge is -2.33. The Morgan fingerprint density at radius 1 is 1.19 bits per heavy atom. The first-order valence-corrected chi connectivity index (χ1v) is 9.03. The van der Waals surface area contributed by atoms with E-state index in [0.29, 0.717) is 28.8 Å². The minimum Gasteiger partial charge on any atom is -0.337 e. The van der Waals surface area contributed by atoms with Gasteiger partial charge in [0, 0.05) is 24.0 Å². The van der Waals surface area contributed by atoms with Gasteiger partial charge in [-0.1, -0.05) is 5.16 Å². The number of fused-ring (bicyclic) bond motifs is 2. The number of pyridine rings is 1. The summed E-state index contributed by atoms with van der Waals surface area (Å²) in [4.78, 5) is 23.6. The van der Waals surface area contributed by atoms with Crippen LogP contribution in [0.3, 0.4) is 0 Å². The Hall–Kier alpha value is -3.09. The zero-order valence-electron chi connectivity index (χ0n) is 14.5. The molecule has 1 aliphatic carbocycles. The van der Waals surface area contributed by atoms with Crippen molar-refractivity contribution < 1.29 is 13.7 Å². The highest BCUT2D eigenvalue weighted by Gasteiger charge is 2.51. The first kappa shape index (κ1) is 16.1. The highest BCUT2D eigenvalue weighted by Crippen LogP contribution is 2.50. The summed E-state index contributed by atoms with van der Waals surface area (Å²) in [6, 6.07) is 9.45. The van der Waals surface area contributed by atoms with Crippen molar-refractivity contribution >= 4 is 5.91 Å². The molecule has 2 aromatic heterocycles. The van der Waals surface area contributed by atoms with Crippen molar-refractivity contribution in [3.05, 3.63) is 66.1 Å². The Labute approximate surface area is 155 Å². The molecular formula is C20H17FN4O2. The van der Waals surface area contributed by atoms with Gasteiger partial charge in [-0.05, 0) is 61.6 Å². The first-order valence-electron chi connectivity index (χ1n) is 9.03. The van der Waals surface area contributed by atoms with E-state index in [-0.39, 0.29) is 23.8 Å². The van der Waals surface area contributed by atoms with Gasteiger partial charge >= 0.3 is 0 Å². The normalized spacial score (nSPS) is 23.7. The van der Waals surface area contributed by atoms with Gasteiger partial charge < -0.3 is 9.42 Å². The predicted octanol–water partition coefficient (Wildman–Crippen LogP) is 3.64. The molecule has 7 heteroatoms. The number of likely N-dealkylation sites (tertiary alicyclic amines) is 1. The number of aromatic nitrogens is 3. The molecule has 5 rings (SSSR count). The number of rotatable bonds is 3. The summed E-state index contributed by atoms with van der Waals surface area (Å²) in [7, 11) is 0. The second-order valence-electron chi connectivity index (χ2n) is 7.09. The van der Waals surface area contributed by atoms with Crippen LogP contribution < -0.4 is 0 Å². The number of hydrogen-bond donors (Lipinski definition) is 0. The van der Waals surface area contributed by atoms with E-state index in [1.165, 1.54) is 12.1 Å². The van der Waals surface area contributed by atoms with Crippen LogP contribution in [0.25, 0.3) is 11.4 Å². The van der Waals surface area contributed by atoms with E-state index < -0.39 is 0 Å². The zero-order chi connectivity index (χ0) is 18.4. The molecule has 1 aromatic carbocycles. The fourth-order valence-electron chi connectivity index (χ4n) is 4.31. The number of benzene rings is 1. The lowest BCUT2D eigenvalue weighted by molar-refractivity contribution is 0.0538. The van der Waals surface area contributed by atoms with Gasteiger partial charge in [-0.25, -0.2) is 4.39 Å². The van der Waals surface area contributed by atoms with E-state index in [9.17, 15) is 9.18 Å². The molecule has 136 valence electrons. The largest absolute Gasteiger partial charge is 0.337 e. The van der Waals surface area contributed by atoms with E-state index in [1.54, 1.807) is 36.7 Å². The molecule has 1 saturated carbocycles. The van der Waals surface area contributed by atoms with Crippen molar-refractivity contribution in [2.45, 2.75) is 31.3 Å². The second-order valence-corrected chi connectivity index (χ2v) is 7.09. The Morgan fingerprint density at radius 2 is 2.04 bits per heavy atom. The first-order chi connectivity index (χ1) is 13.2. The van der Waals surface area contributed by atoms with E-state index in [1.807, 2.05) is 4.90 Å². The molecule has 3 heterocycles. The standard InChI is InChI=1S/C20H17FN4O2/c21-15-6-3-12(4-7-15)18-23-19(27-24-18)17-13-5-8-16(10-13)25(17)20(26)14-2-1-9-22-11-14/h1-4,6-7,9,11,13,16-17H,5,8,10H2/t13?,16?,17-/m0/s1. The lowest BCUT2D eigenvalue weighted by atomic mass is 9.98. The van der Waals surface area contributed by atoms with Gasteiger partial charge in [0.1, 0.15) is 11.9 Å². The van der Waals surface area contributed by atoms with Crippen LogP contribution in [0.4, 0.5) is 4.39 Å². The Kier molecular flexibility index (Phi) is 3.74. The molecule has 6 nitrogen and oxygen atoms in total. The van der Waals surface area contributed by atoms with Crippen LogP contribution in [0, 0.1) is 11.7 Å². The number of halogens is 1. The summed E-state index contributed by atoms with van der Waals surface area (Å²) in [6.07, 6.45) is 6.22. The quantitative estimate of drug-likeness (QED) is 0.709. The van der Waals surface area contributed by atoms with Crippen LogP contribution in [0.5, 0.6) is 0 Å². The van der Waals surface area contributed by atoms with Gasteiger partial charge in [0.15, 0.2) is 0 Å². The summed E-state index contributed by atoms with van der Waals surface area (Å²) < 4.78 is 18.7. The summed E-state index contributed by atoms with van der Waals surface area (Å²) in [5.74, 6) is 0.795. The molecule has 2 fully saturated rings. The van der Waals surface area contributed by atoms with Crippen molar-refractivity contribution in [2.75, 3.05) is 0 Å². The average molecular weight is 364 g/mol. The van der Waals surface area contributed by atoms with Crippen LogP contribution in [0.2, 0.25) is 0 Å². The highest BCUT2D eigenvalue weighted by atomic mass is 19.1. The molecule has 2 bridgehead atoms. The summed E-state index contributed by atoms with van der Waals surface area (Å²) in [6.45, 7) is 0. The van der Waals surface area contributed by atoms with Crippen LogP contribution in [0.1, 0.15) is 41.6 Å². The number of carbonyl (C=O) groups is 1. The third-order valence-electron chi connectivity index (χ3n) is 5.53. The number of hydrogen-bond acceptors (Lipinski definition) is 5. The Morgan fingerprint density at radius 3 is 2.81 bits per heavy atom. The Bertz CT molecular complexity index is 973. The summed E-state index contributed by atoms with van der Waals surface area (Å²) in [5.41, 5.74) is 1.24. The fourth-order valence-corrected chi connectivity index (χ4v) is 4.31. The monoisotopic (exact) mass is 364 g/mol. The van der Waals surface area contributed by atoms with Gasteiger partial charge in [-0.2, -0.15) is 4.98 Å². The van der Waals surface area contributed by atoms with Crippen molar-refractivity contribution in [3.63, 3.8) is 0 Å². The minimum absolute atomic E-state index is 0.0539. The molecule has 0 radical (unpaired) electrons. The summed E-state index contributed by atoms with van der Waals surface area (Å²) >= 11 is 0. The molecule has 27 heavy (non-hydrogen) atoms. The molecule has 2 aliphatic rings. The number of carbonyl (C=O) groups excluding carboxylic acids is 1. The third kappa shape index (κ3) is 2.70. The number of nitrogens with zero attached hydrogens (tertiary/aromatic N) is 4. The van der Waals surface area contributed by atoms with Crippen LogP contribution in [-0.4, -0.2) is 32.0 Å². The van der Waals surface area contributed by atoms with Crippen molar-refractivity contribution in [3.8, 4) is 11.4 Å². The number of amides is 1. The SMILES string of the molecule is O=C(c1cccnc1)N1C2CCC(C2)[C@H]1c1nc(-c2ccc(F)cc2)no1. The van der Waals surface area contributed by atoms with Crippen molar-refractivity contribution in [1.82, 2.24) is 20.0 Å². The average Bonchev–Trinajstić information content (AvgIpc) is 3.44. The van der Waals surface area contributed by atoms with Crippen LogP contribution in [0.15, 0.2) is 53.3 Å². The maximum atomic E-state index is 13.1. The van der Waals surface area contributed by atoms with E-state index in [2.05, 4.69) is 15.1 Å². The van der Waals surface area contributed by atoms with Gasteiger partial charge in [-0.3, -0.25) is 9.78 Å². The van der Waals surface area contributed by atoms with Gasteiger partial charge in [-0.15, -0.1) is 0 Å².